The van der Waals surface area contributed by atoms with Crippen molar-refractivity contribution >= 4 is 28.6 Å². The predicted molar refractivity (Wildman–Crippen MR) is 55.7 cm³/mol. The Morgan fingerprint density at radius 1 is 1.29 bits per heavy atom. The summed E-state index contributed by atoms with van der Waals surface area (Å²) in [6.07, 6.45) is 1.62. The van der Waals surface area contributed by atoms with Crippen LogP contribution in [0.25, 0.3) is 16.4 Å². The molecular weight excluding hydrogens is 196 g/mol. The summed E-state index contributed by atoms with van der Waals surface area (Å²) in [5.74, 6) is 0. The Bertz CT molecular complexity index is 667. The maximum atomic E-state index is 5.16. The van der Waals surface area contributed by atoms with Crippen molar-refractivity contribution in [3.63, 3.8) is 0 Å². The third kappa shape index (κ3) is 0.898. The van der Waals surface area contributed by atoms with E-state index in [9.17, 15) is 0 Å². The zero-order valence-corrected chi connectivity index (χ0v) is 7.95. The third-order valence-electron chi connectivity index (χ3n) is 2.15. The first-order valence-electron chi connectivity index (χ1n) is 4.17. The van der Waals surface area contributed by atoms with Gasteiger partial charge in [-0.3, -0.25) is 5.10 Å². The molecule has 2 aromatic heterocycles. The molecule has 4 nitrogen and oxygen atoms in total. The number of benzene rings is 1. The molecule has 14 heavy (non-hydrogen) atoms. The smallest absolute Gasteiger partial charge is 0.146 e. The Labute approximate surface area is 84.2 Å². The quantitative estimate of drug-likeness (QED) is 0.567. The van der Waals surface area contributed by atoms with Gasteiger partial charge in [0.1, 0.15) is 16.5 Å². The minimum absolute atomic E-state index is 0.612. The summed E-state index contributed by atoms with van der Waals surface area (Å²) >= 11 is 5.16. The van der Waals surface area contributed by atoms with Crippen LogP contribution in [0.3, 0.4) is 0 Å². The van der Waals surface area contributed by atoms with E-state index >= 15 is 0 Å². The Balaban J connectivity index is 2.73. The fourth-order valence-corrected chi connectivity index (χ4v) is 1.81. The van der Waals surface area contributed by atoms with Gasteiger partial charge in [-0.15, -0.1) is 0 Å². The topological polar surface area (TPSA) is 46.0 Å². The highest BCUT2D eigenvalue weighted by atomic mass is 32.1. The van der Waals surface area contributed by atoms with Gasteiger partial charge in [0.15, 0.2) is 0 Å². The second-order valence-corrected chi connectivity index (χ2v) is 3.40. The zero-order valence-electron chi connectivity index (χ0n) is 7.14. The Morgan fingerprint density at radius 2 is 2.14 bits per heavy atom. The van der Waals surface area contributed by atoms with Crippen LogP contribution in [-0.2, 0) is 0 Å². The number of nitrogens with one attached hydrogen (secondary N) is 1. The molecule has 0 saturated heterocycles. The van der Waals surface area contributed by atoms with Crippen molar-refractivity contribution in [2.45, 2.75) is 0 Å². The van der Waals surface area contributed by atoms with Gasteiger partial charge in [0.2, 0.25) is 0 Å². The molecule has 3 aromatic rings. The molecular formula is C9H6N4S. The van der Waals surface area contributed by atoms with E-state index < -0.39 is 0 Å². The Kier molecular flexibility index (Phi) is 1.43. The number of fused-ring (bicyclic) bond motifs is 3. The highest BCUT2D eigenvalue weighted by Gasteiger charge is 2.04. The summed E-state index contributed by atoms with van der Waals surface area (Å²) < 4.78 is 2.31. The van der Waals surface area contributed by atoms with Gasteiger partial charge in [-0.25, -0.2) is 4.52 Å². The van der Waals surface area contributed by atoms with Crippen molar-refractivity contribution in [1.29, 1.82) is 0 Å². The number of nitrogens with zero attached hydrogens (tertiary/aromatic N) is 3. The highest BCUT2D eigenvalue weighted by Crippen LogP contribution is 2.18. The minimum atomic E-state index is 0.612. The first-order chi connectivity index (χ1) is 6.86. The molecule has 0 amide bonds. The number of aromatic nitrogens is 4. The first-order valence-corrected chi connectivity index (χ1v) is 4.58. The minimum Gasteiger partial charge on any atom is -0.264 e. The van der Waals surface area contributed by atoms with Crippen LogP contribution in [0.5, 0.6) is 0 Å². The molecule has 1 aromatic carbocycles. The molecule has 0 spiro atoms. The summed E-state index contributed by atoms with van der Waals surface area (Å²) in [7, 11) is 0. The van der Waals surface area contributed by atoms with E-state index in [4.69, 9.17) is 12.2 Å². The van der Waals surface area contributed by atoms with Gasteiger partial charge in [0.05, 0.1) is 5.52 Å². The molecule has 5 heteroatoms. The lowest BCUT2D eigenvalue weighted by Crippen LogP contribution is -1.91. The third-order valence-corrected chi connectivity index (χ3v) is 2.44. The monoisotopic (exact) mass is 202 g/mol. The van der Waals surface area contributed by atoms with Gasteiger partial charge in [0, 0.05) is 5.39 Å². The SMILES string of the molecule is S=c1[nH]ncn2nc3ccccc3c12. The predicted octanol–water partition coefficient (Wildman–Crippen LogP) is 1.94. The number of hydrogen-bond donors (Lipinski definition) is 1. The van der Waals surface area contributed by atoms with E-state index in [1.54, 1.807) is 10.8 Å². The molecule has 0 aliphatic carbocycles. The highest BCUT2D eigenvalue weighted by molar-refractivity contribution is 7.71. The first kappa shape index (κ1) is 7.64. The summed E-state index contributed by atoms with van der Waals surface area (Å²) in [5.41, 5.74) is 1.84. The van der Waals surface area contributed by atoms with Crippen molar-refractivity contribution in [3.05, 3.63) is 35.2 Å². The van der Waals surface area contributed by atoms with Crippen LogP contribution in [0, 0.1) is 4.64 Å². The van der Waals surface area contributed by atoms with E-state index in [0.29, 0.717) is 4.64 Å². The van der Waals surface area contributed by atoms with Crippen LogP contribution in [0.2, 0.25) is 0 Å². The fraction of sp³-hybridized carbons (Fsp3) is 0. The van der Waals surface area contributed by atoms with Crippen LogP contribution in [-0.4, -0.2) is 19.8 Å². The summed E-state index contributed by atoms with van der Waals surface area (Å²) in [6.45, 7) is 0. The number of aromatic amines is 1. The maximum absolute atomic E-state index is 5.16. The van der Waals surface area contributed by atoms with Gasteiger partial charge >= 0.3 is 0 Å². The number of H-pyrrole nitrogens is 1. The lowest BCUT2D eigenvalue weighted by Gasteiger charge is -1.90. The van der Waals surface area contributed by atoms with E-state index in [1.807, 2.05) is 24.3 Å². The van der Waals surface area contributed by atoms with Gasteiger partial charge < -0.3 is 0 Å². The average Bonchev–Trinajstić information content (AvgIpc) is 2.57. The van der Waals surface area contributed by atoms with E-state index in [0.717, 1.165) is 16.4 Å². The maximum Gasteiger partial charge on any atom is 0.146 e. The number of rotatable bonds is 0. The van der Waals surface area contributed by atoms with Crippen LogP contribution >= 0.6 is 12.2 Å². The van der Waals surface area contributed by atoms with Crippen molar-refractivity contribution in [3.8, 4) is 0 Å². The van der Waals surface area contributed by atoms with Crippen molar-refractivity contribution in [1.82, 2.24) is 19.8 Å². The Morgan fingerprint density at radius 3 is 3.07 bits per heavy atom. The van der Waals surface area contributed by atoms with Gasteiger partial charge in [-0.2, -0.15) is 10.2 Å². The summed E-state index contributed by atoms with van der Waals surface area (Å²) in [5, 5.41) is 12.0. The molecule has 0 aliphatic heterocycles. The molecule has 3 rings (SSSR count). The molecule has 0 atom stereocenters. The standard InChI is InChI=1S/C9H6N4S/c14-9-8-6-3-1-2-4-7(6)12-13(8)5-10-11-9/h1-5H,(H,11,14). The van der Waals surface area contributed by atoms with Gasteiger partial charge in [0.25, 0.3) is 0 Å². The molecule has 0 saturated carbocycles. The lowest BCUT2D eigenvalue weighted by molar-refractivity contribution is 0.866. The van der Waals surface area contributed by atoms with Crippen LogP contribution in [0.1, 0.15) is 0 Å². The van der Waals surface area contributed by atoms with E-state index in [-0.39, 0.29) is 0 Å². The van der Waals surface area contributed by atoms with Crippen LogP contribution in [0.4, 0.5) is 0 Å². The summed E-state index contributed by atoms with van der Waals surface area (Å²) in [6, 6.07) is 7.88. The van der Waals surface area contributed by atoms with Crippen LogP contribution < -0.4 is 0 Å². The van der Waals surface area contributed by atoms with Gasteiger partial charge in [-0.1, -0.05) is 30.4 Å². The number of hydrogen-bond acceptors (Lipinski definition) is 3. The zero-order chi connectivity index (χ0) is 9.54. The largest absolute Gasteiger partial charge is 0.264 e. The van der Waals surface area contributed by atoms with E-state index in [2.05, 4.69) is 15.3 Å². The molecule has 0 bridgehead atoms. The molecule has 0 unspecified atom stereocenters. The van der Waals surface area contributed by atoms with Crippen LogP contribution in [0.15, 0.2) is 30.6 Å². The molecule has 2 heterocycles. The molecule has 0 fully saturated rings. The lowest BCUT2D eigenvalue weighted by atomic mass is 10.2. The Hall–Kier alpha value is -1.75. The second kappa shape index (κ2) is 2.62. The fourth-order valence-electron chi connectivity index (χ4n) is 1.56. The van der Waals surface area contributed by atoms with Crippen molar-refractivity contribution in [2.75, 3.05) is 0 Å². The molecule has 0 radical (unpaired) electrons. The van der Waals surface area contributed by atoms with Crippen molar-refractivity contribution in [2.24, 2.45) is 0 Å². The van der Waals surface area contributed by atoms with Crippen molar-refractivity contribution < 1.29 is 0 Å². The van der Waals surface area contributed by atoms with Gasteiger partial charge in [-0.05, 0) is 6.07 Å². The normalized spacial score (nSPS) is 11.1. The second-order valence-electron chi connectivity index (χ2n) is 3.00. The summed E-state index contributed by atoms with van der Waals surface area (Å²) in [4.78, 5) is 0. The average molecular weight is 202 g/mol. The molecule has 1 N–H and O–H groups in total. The molecule has 68 valence electrons. The van der Waals surface area contributed by atoms with E-state index in [1.165, 1.54) is 0 Å². The molecule has 0 aliphatic rings.